The molecule has 9 heteroatoms. The largest absolute Gasteiger partial charge is 0.506 e. The lowest BCUT2D eigenvalue weighted by molar-refractivity contribution is -0.384. The highest BCUT2D eigenvalue weighted by Crippen LogP contribution is 2.33. The number of nitrogens with zero attached hydrogens (tertiary/aromatic N) is 1. The number of rotatable bonds is 4. The number of halogens is 2. The SMILES string of the molecule is COc1cc([N+](=O)[O-])ccc1NC(=O)c1cc(Cl)cc(Cl)c1O. The molecule has 0 saturated carbocycles. The summed E-state index contributed by atoms with van der Waals surface area (Å²) in [4.78, 5) is 22.4. The number of amides is 1. The summed E-state index contributed by atoms with van der Waals surface area (Å²) in [5.41, 5.74) is -0.130. The minimum Gasteiger partial charge on any atom is -0.506 e. The Labute approximate surface area is 140 Å². The van der Waals surface area contributed by atoms with Crippen LogP contribution in [-0.2, 0) is 0 Å². The number of anilines is 1. The number of ether oxygens (including phenoxy) is 1. The molecule has 0 bridgehead atoms. The van der Waals surface area contributed by atoms with Crippen molar-refractivity contribution in [3.63, 3.8) is 0 Å². The molecule has 0 saturated heterocycles. The second-order valence-corrected chi connectivity index (χ2v) is 5.22. The summed E-state index contributed by atoms with van der Waals surface area (Å²) in [5, 5.41) is 23.2. The van der Waals surface area contributed by atoms with Gasteiger partial charge in [-0.15, -0.1) is 0 Å². The maximum absolute atomic E-state index is 12.2. The molecule has 0 spiro atoms. The van der Waals surface area contributed by atoms with Crippen molar-refractivity contribution in [3.05, 3.63) is 56.1 Å². The highest BCUT2D eigenvalue weighted by Gasteiger charge is 2.18. The number of carbonyl (C=O) groups is 1. The molecule has 2 N–H and O–H groups in total. The average Bonchev–Trinajstić information content (AvgIpc) is 2.50. The van der Waals surface area contributed by atoms with Gasteiger partial charge in [-0.3, -0.25) is 14.9 Å². The lowest BCUT2D eigenvalue weighted by Gasteiger charge is -2.11. The molecule has 0 aliphatic rings. The van der Waals surface area contributed by atoms with Crippen LogP contribution in [0.5, 0.6) is 11.5 Å². The van der Waals surface area contributed by atoms with Gasteiger partial charge in [-0.25, -0.2) is 0 Å². The van der Waals surface area contributed by atoms with Gasteiger partial charge in [0.2, 0.25) is 0 Å². The lowest BCUT2D eigenvalue weighted by atomic mass is 10.1. The van der Waals surface area contributed by atoms with E-state index in [1.165, 1.54) is 37.4 Å². The molecule has 23 heavy (non-hydrogen) atoms. The normalized spacial score (nSPS) is 10.2. The first kappa shape index (κ1) is 16.9. The van der Waals surface area contributed by atoms with Crippen LogP contribution in [0.15, 0.2) is 30.3 Å². The van der Waals surface area contributed by atoms with Gasteiger partial charge in [0.05, 0.1) is 34.4 Å². The van der Waals surface area contributed by atoms with E-state index in [9.17, 15) is 20.0 Å². The van der Waals surface area contributed by atoms with E-state index < -0.39 is 16.6 Å². The van der Waals surface area contributed by atoms with E-state index >= 15 is 0 Å². The number of nitro groups is 1. The van der Waals surface area contributed by atoms with E-state index in [1.54, 1.807) is 0 Å². The molecule has 0 fully saturated rings. The third-order valence-corrected chi connectivity index (χ3v) is 3.42. The lowest BCUT2D eigenvalue weighted by Crippen LogP contribution is -2.13. The van der Waals surface area contributed by atoms with Gasteiger partial charge in [0, 0.05) is 11.1 Å². The van der Waals surface area contributed by atoms with Gasteiger partial charge in [-0.2, -0.15) is 0 Å². The second kappa shape index (κ2) is 6.72. The summed E-state index contributed by atoms with van der Waals surface area (Å²) < 4.78 is 5.02. The number of hydrogen-bond acceptors (Lipinski definition) is 5. The Morgan fingerprint density at radius 3 is 2.61 bits per heavy atom. The van der Waals surface area contributed by atoms with Crippen LogP contribution in [0.4, 0.5) is 11.4 Å². The summed E-state index contributed by atoms with van der Waals surface area (Å²) in [6.45, 7) is 0. The summed E-state index contributed by atoms with van der Waals surface area (Å²) in [5.74, 6) is -1.02. The zero-order valence-corrected chi connectivity index (χ0v) is 13.2. The van der Waals surface area contributed by atoms with Crippen LogP contribution in [-0.4, -0.2) is 23.0 Å². The fraction of sp³-hybridized carbons (Fsp3) is 0.0714. The van der Waals surface area contributed by atoms with Crippen LogP contribution in [0.3, 0.4) is 0 Å². The number of benzene rings is 2. The predicted octanol–water partition coefficient (Wildman–Crippen LogP) is 3.87. The maximum atomic E-state index is 12.2. The molecule has 0 aliphatic heterocycles. The third kappa shape index (κ3) is 3.64. The Hall–Kier alpha value is -2.51. The smallest absolute Gasteiger partial charge is 0.273 e. The summed E-state index contributed by atoms with van der Waals surface area (Å²) in [6, 6.07) is 6.24. The summed E-state index contributed by atoms with van der Waals surface area (Å²) in [6.07, 6.45) is 0. The molecule has 0 aromatic heterocycles. The first-order valence-corrected chi connectivity index (χ1v) is 6.91. The zero-order valence-electron chi connectivity index (χ0n) is 11.7. The van der Waals surface area contributed by atoms with E-state index in [0.717, 1.165) is 0 Å². The Bertz CT molecular complexity index is 795. The van der Waals surface area contributed by atoms with Crippen LogP contribution in [0.2, 0.25) is 10.0 Å². The molecule has 0 unspecified atom stereocenters. The van der Waals surface area contributed by atoms with E-state index in [0.29, 0.717) is 0 Å². The monoisotopic (exact) mass is 356 g/mol. The highest BCUT2D eigenvalue weighted by atomic mass is 35.5. The van der Waals surface area contributed by atoms with Crippen LogP contribution >= 0.6 is 23.2 Å². The molecule has 120 valence electrons. The van der Waals surface area contributed by atoms with Gasteiger partial charge in [0.1, 0.15) is 11.5 Å². The molecule has 0 aliphatic carbocycles. The maximum Gasteiger partial charge on any atom is 0.273 e. The van der Waals surface area contributed by atoms with Crippen molar-refractivity contribution >= 4 is 40.5 Å². The van der Waals surface area contributed by atoms with Crippen molar-refractivity contribution in [1.82, 2.24) is 0 Å². The molecule has 1 amide bonds. The number of phenolic OH excluding ortho intramolecular Hbond substituents is 1. The number of hydrogen-bond donors (Lipinski definition) is 2. The number of methoxy groups -OCH3 is 1. The van der Waals surface area contributed by atoms with Gasteiger partial charge in [0.25, 0.3) is 11.6 Å². The first-order valence-electron chi connectivity index (χ1n) is 6.15. The Morgan fingerprint density at radius 2 is 2.00 bits per heavy atom. The fourth-order valence-corrected chi connectivity index (χ4v) is 2.32. The number of non-ortho nitro benzene ring substituents is 1. The van der Waals surface area contributed by atoms with Crippen molar-refractivity contribution in [1.29, 1.82) is 0 Å². The molecule has 0 heterocycles. The minimum atomic E-state index is -0.695. The molecule has 2 aromatic rings. The third-order valence-electron chi connectivity index (χ3n) is 2.92. The number of nitro benzene ring substituents is 1. The van der Waals surface area contributed by atoms with Crippen LogP contribution in [0.25, 0.3) is 0 Å². The van der Waals surface area contributed by atoms with Crippen molar-refractivity contribution in [2.24, 2.45) is 0 Å². The fourth-order valence-electron chi connectivity index (χ4n) is 1.83. The van der Waals surface area contributed by atoms with Crippen LogP contribution < -0.4 is 10.1 Å². The summed E-state index contributed by atoms with van der Waals surface area (Å²) in [7, 11) is 1.31. The van der Waals surface area contributed by atoms with Gasteiger partial charge in [0.15, 0.2) is 0 Å². The number of aromatic hydroxyl groups is 1. The van der Waals surface area contributed by atoms with E-state index in [2.05, 4.69) is 5.32 Å². The number of phenols is 1. The Morgan fingerprint density at radius 1 is 1.30 bits per heavy atom. The quantitative estimate of drug-likeness (QED) is 0.639. The molecule has 2 aromatic carbocycles. The average molecular weight is 357 g/mol. The number of carbonyl (C=O) groups excluding carboxylic acids is 1. The topological polar surface area (TPSA) is 102 Å². The molecule has 0 radical (unpaired) electrons. The summed E-state index contributed by atoms with van der Waals surface area (Å²) >= 11 is 11.6. The Balaban J connectivity index is 2.36. The van der Waals surface area contributed by atoms with Crippen molar-refractivity contribution < 1.29 is 19.6 Å². The van der Waals surface area contributed by atoms with E-state index in [-0.39, 0.29) is 32.7 Å². The van der Waals surface area contributed by atoms with Gasteiger partial charge < -0.3 is 15.2 Å². The minimum absolute atomic E-state index is 0.0710. The predicted molar refractivity (Wildman–Crippen MR) is 85.7 cm³/mol. The molecular weight excluding hydrogens is 347 g/mol. The van der Waals surface area contributed by atoms with Crippen molar-refractivity contribution in [2.75, 3.05) is 12.4 Å². The zero-order chi connectivity index (χ0) is 17.1. The Kier molecular flexibility index (Phi) is 4.92. The van der Waals surface area contributed by atoms with Gasteiger partial charge in [-0.05, 0) is 18.2 Å². The second-order valence-electron chi connectivity index (χ2n) is 4.38. The van der Waals surface area contributed by atoms with E-state index in [4.69, 9.17) is 27.9 Å². The molecule has 7 nitrogen and oxygen atoms in total. The van der Waals surface area contributed by atoms with E-state index in [1.807, 2.05) is 0 Å². The van der Waals surface area contributed by atoms with Gasteiger partial charge in [-0.1, -0.05) is 23.2 Å². The molecule has 0 atom stereocenters. The van der Waals surface area contributed by atoms with Crippen LogP contribution in [0, 0.1) is 10.1 Å². The van der Waals surface area contributed by atoms with Crippen molar-refractivity contribution in [3.8, 4) is 11.5 Å². The number of nitrogens with one attached hydrogen (secondary N) is 1. The first-order chi connectivity index (χ1) is 10.8. The van der Waals surface area contributed by atoms with Crippen molar-refractivity contribution in [2.45, 2.75) is 0 Å². The highest BCUT2D eigenvalue weighted by molar-refractivity contribution is 6.36. The van der Waals surface area contributed by atoms with Crippen LogP contribution in [0.1, 0.15) is 10.4 Å². The van der Waals surface area contributed by atoms with Gasteiger partial charge >= 0.3 is 0 Å². The molecular formula is C14H10Cl2N2O5. The molecule has 2 rings (SSSR count). The standard InChI is InChI=1S/C14H10Cl2N2O5/c1-23-12-6-8(18(21)22)2-3-11(12)17-14(20)9-4-7(15)5-10(16)13(9)19/h2-6,19H,1H3,(H,17,20).